The lowest BCUT2D eigenvalue weighted by molar-refractivity contribution is 0.231. The molecular formula is C19H19N5O. The summed E-state index contributed by atoms with van der Waals surface area (Å²) in [5.41, 5.74) is 9.01. The largest absolute Gasteiger partial charge is 0.487 e. The molecule has 25 heavy (non-hydrogen) atoms. The van der Waals surface area contributed by atoms with Crippen LogP contribution in [0.15, 0.2) is 65.8 Å². The highest BCUT2D eigenvalue weighted by Crippen LogP contribution is 2.16. The molecule has 2 aromatic carbocycles. The standard InChI is InChI=1S/C19H19N5O/c1-24-22-19(21-23-24)12-14-6-10-17(11-7-14)25-13-16-9-8-15-4-2-3-5-18(15)20-16/h2-11,23H,12-13H2,1H3,(H,21,22). The second-order valence-corrected chi connectivity index (χ2v) is 5.93. The Morgan fingerprint density at radius 1 is 1.00 bits per heavy atom. The van der Waals surface area contributed by atoms with E-state index in [4.69, 9.17) is 4.74 Å². The van der Waals surface area contributed by atoms with Crippen molar-refractivity contribution < 1.29 is 4.74 Å². The molecule has 1 aromatic heterocycles. The van der Waals surface area contributed by atoms with Crippen LogP contribution < -0.4 is 15.7 Å². The highest BCUT2D eigenvalue weighted by molar-refractivity contribution is 5.84. The minimum Gasteiger partial charge on any atom is -0.487 e. The van der Waals surface area contributed by atoms with Crippen molar-refractivity contribution in [3.8, 4) is 5.75 Å². The molecule has 3 aromatic rings. The number of nitrogens with zero attached hydrogens (tertiary/aromatic N) is 3. The van der Waals surface area contributed by atoms with E-state index in [0.717, 1.165) is 34.6 Å². The number of hydrazine groups is 2. The minimum atomic E-state index is 0.452. The van der Waals surface area contributed by atoms with Crippen LogP contribution >= 0.6 is 0 Å². The number of ether oxygens (including phenoxy) is 1. The summed E-state index contributed by atoms with van der Waals surface area (Å²) >= 11 is 0. The molecule has 4 rings (SSSR count). The van der Waals surface area contributed by atoms with Crippen molar-refractivity contribution in [1.29, 1.82) is 0 Å². The van der Waals surface area contributed by atoms with Crippen LogP contribution in [0.2, 0.25) is 0 Å². The number of fused-ring (bicyclic) bond motifs is 1. The molecule has 1 aliphatic heterocycles. The van der Waals surface area contributed by atoms with Crippen molar-refractivity contribution in [2.24, 2.45) is 5.10 Å². The fraction of sp³-hybridized carbons (Fsp3) is 0.158. The van der Waals surface area contributed by atoms with E-state index < -0.39 is 0 Å². The Labute approximate surface area is 146 Å². The number of amidine groups is 1. The smallest absolute Gasteiger partial charge is 0.144 e. The van der Waals surface area contributed by atoms with Gasteiger partial charge in [-0.2, -0.15) is 0 Å². The minimum absolute atomic E-state index is 0.452. The maximum absolute atomic E-state index is 5.85. The summed E-state index contributed by atoms with van der Waals surface area (Å²) in [4.78, 5) is 4.62. The first-order chi connectivity index (χ1) is 12.3. The Morgan fingerprint density at radius 3 is 2.64 bits per heavy atom. The Morgan fingerprint density at radius 2 is 1.84 bits per heavy atom. The summed E-state index contributed by atoms with van der Waals surface area (Å²) in [7, 11) is 1.87. The molecule has 0 radical (unpaired) electrons. The molecule has 0 saturated carbocycles. The normalized spacial score (nSPS) is 14.0. The van der Waals surface area contributed by atoms with E-state index in [0.29, 0.717) is 6.61 Å². The molecule has 0 spiro atoms. The first kappa shape index (κ1) is 15.4. The van der Waals surface area contributed by atoms with Crippen molar-refractivity contribution in [3.05, 3.63) is 71.9 Å². The monoisotopic (exact) mass is 333 g/mol. The molecule has 0 atom stereocenters. The maximum atomic E-state index is 5.85. The third kappa shape index (κ3) is 3.70. The van der Waals surface area contributed by atoms with E-state index in [1.165, 1.54) is 5.56 Å². The van der Waals surface area contributed by atoms with Gasteiger partial charge in [-0.15, -0.1) is 10.2 Å². The van der Waals surface area contributed by atoms with E-state index in [9.17, 15) is 0 Å². The number of hydrogen-bond donors (Lipinski definition) is 2. The van der Waals surface area contributed by atoms with E-state index in [-0.39, 0.29) is 0 Å². The van der Waals surface area contributed by atoms with Gasteiger partial charge in [0.1, 0.15) is 18.2 Å². The van der Waals surface area contributed by atoms with Crippen LogP contribution in [0.5, 0.6) is 5.75 Å². The molecule has 6 nitrogen and oxygen atoms in total. The van der Waals surface area contributed by atoms with Crippen LogP contribution in [0.1, 0.15) is 11.3 Å². The predicted molar refractivity (Wildman–Crippen MR) is 97.7 cm³/mol. The van der Waals surface area contributed by atoms with Crippen LogP contribution in [0, 0.1) is 0 Å². The Kier molecular flexibility index (Phi) is 4.18. The molecular weight excluding hydrogens is 314 g/mol. The summed E-state index contributed by atoms with van der Waals surface area (Å²) in [6.45, 7) is 0.452. The van der Waals surface area contributed by atoms with Crippen molar-refractivity contribution in [1.82, 2.24) is 21.1 Å². The molecule has 1 aliphatic rings. The number of nitrogens with one attached hydrogen (secondary N) is 2. The first-order valence-electron chi connectivity index (χ1n) is 8.15. The zero-order valence-corrected chi connectivity index (χ0v) is 13.9. The van der Waals surface area contributed by atoms with Crippen LogP contribution in [0.25, 0.3) is 10.9 Å². The third-order valence-corrected chi connectivity index (χ3v) is 3.97. The quantitative estimate of drug-likeness (QED) is 0.751. The molecule has 0 aliphatic carbocycles. The third-order valence-electron chi connectivity index (χ3n) is 3.97. The lowest BCUT2D eigenvalue weighted by Crippen LogP contribution is -2.38. The van der Waals surface area contributed by atoms with Gasteiger partial charge in [0.25, 0.3) is 0 Å². The average molecular weight is 333 g/mol. The van der Waals surface area contributed by atoms with Crippen LogP contribution in [0.3, 0.4) is 0 Å². The lowest BCUT2D eigenvalue weighted by atomic mass is 10.1. The Balaban J connectivity index is 1.37. The second kappa shape index (κ2) is 6.78. The maximum Gasteiger partial charge on any atom is 0.144 e. The number of pyridine rings is 1. The van der Waals surface area contributed by atoms with Gasteiger partial charge in [-0.1, -0.05) is 36.4 Å². The molecule has 0 fully saturated rings. The van der Waals surface area contributed by atoms with Gasteiger partial charge in [0.2, 0.25) is 0 Å². The summed E-state index contributed by atoms with van der Waals surface area (Å²) in [6, 6.07) is 20.2. The van der Waals surface area contributed by atoms with Gasteiger partial charge in [-0.25, -0.2) is 10.5 Å². The van der Waals surface area contributed by atoms with Crippen molar-refractivity contribution in [3.63, 3.8) is 0 Å². The topological polar surface area (TPSA) is 61.8 Å². The van der Waals surface area contributed by atoms with Gasteiger partial charge in [-0.05, 0) is 29.8 Å². The molecule has 2 N–H and O–H groups in total. The van der Waals surface area contributed by atoms with E-state index in [1.807, 2.05) is 55.6 Å². The number of para-hydroxylation sites is 1. The summed E-state index contributed by atoms with van der Waals surface area (Å²) < 4.78 is 5.85. The van der Waals surface area contributed by atoms with Crippen LogP contribution in [-0.4, -0.2) is 23.0 Å². The fourth-order valence-electron chi connectivity index (χ4n) is 2.70. The highest BCUT2D eigenvalue weighted by atomic mass is 16.5. The van der Waals surface area contributed by atoms with Gasteiger partial charge >= 0.3 is 0 Å². The van der Waals surface area contributed by atoms with E-state index in [1.54, 1.807) is 5.12 Å². The lowest BCUT2D eigenvalue weighted by Gasteiger charge is -2.09. The molecule has 6 heteroatoms. The van der Waals surface area contributed by atoms with E-state index >= 15 is 0 Å². The van der Waals surface area contributed by atoms with Crippen LogP contribution in [-0.2, 0) is 13.0 Å². The molecule has 2 heterocycles. The second-order valence-electron chi connectivity index (χ2n) is 5.93. The van der Waals surface area contributed by atoms with Gasteiger partial charge in [0, 0.05) is 18.9 Å². The van der Waals surface area contributed by atoms with Gasteiger partial charge in [0.15, 0.2) is 0 Å². The van der Waals surface area contributed by atoms with Crippen molar-refractivity contribution in [2.75, 3.05) is 7.05 Å². The number of hydrazone groups is 1. The zero-order valence-electron chi connectivity index (χ0n) is 13.9. The van der Waals surface area contributed by atoms with E-state index in [2.05, 4.69) is 33.2 Å². The Bertz CT molecular complexity index is 907. The first-order valence-corrected chi connectivity index (χ1v) is 8.15. The summed E-state index contributed by atoms with van der Waals surface area (Å²) in [5, 5.41) is 7.03. The summed E-state index contributed by atoms with van der Waals surface area (Å²) in [6.07, 6.45) is 0.740. The van der Waals surface area contributed by atoms with Gasteiger partial charge < -0.3 is 4.74 Å². The fourth-order valence-corrected chi connectivity index (χ4v) is 2.70. The SMILES string of the molecule is CN1NN=C(Cc2ccc(OCc3ccc4ccccc4n3)cc2)N1. The highest BCUT2D eigenvalue weighted by Gasteiger charge is 2.10. The number of rotatable bonds is 5. The van der Waals surface area contributed by atoms with Crippen molar-refractivity contribution >= 4 is 16.7 Å². The molecule has 126 valence electrons. The molecule has 0 saturated heterocycles. The van der Waals surface area contributed by atoms with Crippen LogP contribution in [0.4, 0.5) is 0 Å². The van der Waals surface area contributed by atoms with Gasteiger partial charge in [-0.3, -0.25) is 5.43 Å². The number of aromatic nitrogens is 1. The molecule has 0 bridgehead atoms. The average Bonchev–Trinajstić information content (AvgIpc) is 3.06. The van der Waals surface area contributed by atoms with Gasteiger partial charge in [0.05, 0.1) is 11.2 Å². The zero-order chi connectivity index (χ0) is 17.1. The molecule has 0 amide bonds. The summed E-state index contributed by atoms with van der Waals surface area (Å²) in [5.74, 6) is 1.71. The number of benzene rings is 2. The number of hydrogen-bond acceptors (Lipinski definition) is 6. The Hall–Kier alpha value is -3.12. The van der Waals surface area contributed by atoms with Crippen molar-refractivity contribution in [2.45, 2.75) is 13.0 Å². The molecule has 0 unspecified atom stereocenters. The predicted octanol–water partition coefficient (Wildman–Crippen LogP) is 2.62.